The maximum atomic E-state index is 5.79. The van der Waals surface area contributed by atoms with Crippen molar-refractivity contribution in [2.24, 2.45) is 4.99 Å². The number of aryl methyl sites for hydroxylation is 1. The van der Waals surface area contributed by atoms with E-state index in [4.69, 9.17) is 4.74 Å². The molecule has 1 N–H and O–H groups in total. The topological polar surface area (TPSA) is 40.1 Å². The summed E-state index contributed by atoms with van der Waals surface area (Å²) in [6.07, 6.45) is 1.30. The van der Waals surface area contributed by atoms with Crippen molar-refractivity contribution in [3.8, 4) is 0 Å². The fourth-order valence-electron chi connectivity index (χ4n) is 2.81. The van der Waals surface area contributed by atoms with Crippen LogP contribution in [-0.4, -0.2) is 69.2 Å². The molecule has 1 aromatic rings. The van der Waals surface area contributed by atoms with Gasteiger partial charge in [-0.25, -0.2) is 0 Å². The van der Waals surface area contributed by atoms with Gasteiger partial charge in [-0.15, -0.1) is 0 Å². The van der Waals surface area contributed by atoms with Crippen LogP contribution in [0.3, 0.4) is 0 Å². The summed E-state index contributed by atoms with van der Waals surface area (Å²) in [4.78, 5) is 8.83. The zero-order chi connectivity index (χ0) is 16.7. The first-order chi connectivity index (χ1) is 11.1. The highest BCUT2D eigenvalue weighted by molar-refractivity contribution is 5.79. The number of hydrogen-bond acceptors (Lipinski definition) is 3. The lowest BCUT2D eigenvalue weighted by Crippen LogP contribution is -2.48. The van der Waals surface area contributed by atoms with Crippen molar-refractivity contribution < 1.29 is 4.74 Å². The Balaban J connectivity index is 1.84. The van der Waals surface area contributed by atoms with Gasteiger partial charge in [0.2, 0.25) is 0 Å². The molecule has 0 saturated carbocycles. The first-order valence-electron chi connectivity index (χ1n) is 8.42. The minimum Gasteiger partial charge on any atom is -0.374 e. The Morgan fingerprint density at radius 1 is 1.35 bits per heavy atom. The molecule has 0 bridgehead atoms. The lowest BCUT2D eigenvalue weighted by atomic mass is 10.1. The third-order valence-electron chi connectivity index (χ3n) is 4.25. The van der Waals surface area contributed by atoms with E-state index in [0.717, 1.165) is 45.2 Å². The highest BCUT2D eigenvalue weighted by Gasteiger charge is 2.18. The van der Waals surface area contributed by atoms with Crippen LogP contribution in [0.2, 0.25) is 0 Å². The van der Waals surface area contributed by atoms with Gasteiger partial charge in [0.25, 0.3) is 0 Å². The van der Waals surface area contributed by atoms with Gasteiger partial charge >= 0.3 is 0 Å². The van der Waals surface area contributed by atoms with Crippen molar-refractivity contribution in [2.75, 3.05) is 47.4 Å². The lowest BCUT2D eigenvalue weighted by molar-refractivity contribution is -0.0163. The highest BCUT2D eigenvalue weighted by Crippen LogP contribution is 2.08. The number of likely N-dealkylation sites (N-methyl/N-ethyl adjacent to an activating group) is 1. The first-order valence-corrected chi connectivity index (χ1v) is 8.42. The van der Waals surface area contributed by atoms with Gasteiger partial charge in [0, 0.05) is 40.3 Å². The van der Waals surface area contributed by atoms with Crippen molar-refractivity contribution in [3.63, 3.8) is 0 Å². The van der Waals surface area contributed by atoms with Crippen LogP contribution in [0.25, 0.3) is 0 Å². The van der Waals surface area contributed by atoms with Crippen LogP contribution in [0.15, 0.2) is 29.3 Å². The van der Waals surface area contributed by atoms with E-state index in [1.54, 1.807) is 0 Å². The van der Waals surface area contributed by atoms with Gasteiger partial charge < -0.3 is 19.9 Å². The molecule has 0 aliphatic carbocycles. The minimum atomic E-state index is 0.225. The van der Waals surface area contributed by atoms with Gasteiger partial charge in [0.1, 0.15) is 0 Å². The average Bonchev–Trinajstić information content (AvgIpc) is 2.56. The monoisotopic (exact) mass is 318 g/mol. The largest absolute Gasteiger partial charge is 0.374 e. The second kappa shape index (κ2) is 8.89. The number of aliphatic imine (C=N–C) groups is 1. The molecule has 1 aliphatic rings. The predicted molar refractivity (Wildman–Crippen MR) is 95.9 cm³/mol. The highest BCUT2D eigenvalue weighted by atomic mass is 16.5. The van der Waals surface area contributed by atoms with Gasteiger partial charge in [-0.05, 0) is 24.6 Å². The molecule has 0 radical (unpaired) electrons. The zero-order valence-corrected chi connectivity index (χ0v) is 14.9. The molecule has 5 nitrogen and oxygen atoms in total. The smallest absolute Gasteiger partial charge is 0.193 e. The quantitative estimate of drug-likeness (QED) is 0.661. The van der Waals surface area contributed by atoms with Crippen molar-refractivity contribution >= 4 is 5.96 Å². The van der Waals surface area contributed by atoms with Gasteiger partial charge in [0.15, 0.2) is 5.96 Å². The molecule has 1 fully saturated rings. The van der Waals surface area contributed by atoms with Crippen LogP contribution in [0, 0.1) is 0 Å². The number of rotatable bonds is 5. The van der Waals surface area contributed by atoms with Gasteiger partial charge in [0.05, 0.1) is 12.7 Å². The fourth-order valence-corrected chi connectivity index (χ4v) is 2.81. The normalized spacial score (nSPS) is 19.7. The Kier molecular flexibility index (Phi) is 6.86. The number of guanidine groups is 1. The average molecular weight is 318 g/mol. The number of nitrogens with one attached hydrogen (secondary N) is 1. The van der Waals surface area contributed by atoms with E-state index in [1.165, 1.54) is 11.1 Å². The predicted octanol–water partition coefficient (Wildman–Crippen LogP) is 1.59. The second-order valence-corrected chi connectivity index (χ2v) is 6.21. The van der Waals surface area contributed by atoms with Crippen molar-refractivity contribution in [2.45, 2.75) is 26.0 Å². The molecule has 23 heavy (non-hydrogen) atoms. The van der Waals surface area contributed by atoms with Gasteiger partial charge in [-0.1, -0.05) is 31.2 Å². The van der Waals surface area contributed by atoms with Crippen LogP contribution >= 0.6 is 0 Å². The number of nitrogens with zero attached hydrogens (tertiary/aromatic N) is 3. The molecule has 1 aliphatic heterocycles. The SMILES string of the molecule is CCc1ccc(CN(C)C(=NC)NCC2CN(C)CCO2)cc1. The summed E-state index contributed by atoms with van der Waals surface area (Å²) in [7, 11) is 6.03. The summed E-state index contributed by atoms with van der Waals surface area (Å²) >= 11 is 0. The standard InChI is InChI=1S/C18H30N4O/c1-5-15-6-8-16(9-7-15)13-22(4)18(19-2)20-12-17-14-21(3)10-11-23-17/h6-9,17H,5,10-14H2,1-4H3,(H,19,20). The molecular weight excluding hydrogens is 288 g/mol. The molecule has 128 valence electrons. The first kappa shape index (κ1) is 17.8. The van der Waals surface area contributed by atoms with Crippen molar-refractivity contribution in [1.82, 2.24) is 15.1 Å². The maximum Gasteiger partial charge on any atom is 0.193 e. The van der Waals surface area contributed by atoms with Crippen LogP contribution in [0.1, 0.15) is 18.1 Å². The molecule has 1 atom stereocenters. The Morgan fingerprint density at radius 2 is 2.04 bits per heavy atom. The summed E-state index contributed by atoms with van der Waals surface area (Å²) in [6.45, 7) is 6.59. The molecule has 2 rings (SSSR count). The number of hydrogen-bond donors (Lipinski definition) is 1. The summed E-state index contributed by atoms with van der Waals surface area (Å²) in [5, 5.41) is 3.43. The minimum absolute atomic E-state index is 0.225. The van der Waals surface area contributed by atoms with Crippen LogP contribution in [-0.2, 0) is 17.7 Å². The molecule has 1 unspecified atom stereocenters. The van der Waals surface area contributed by atoms with E-state index in [2.05, 4.69) is 65.4 Å². The summed E-state index contributed by atoms with van der Waals surface area (Å²) in [5.41, 5.74) is 2.67. The summed E-state index contributed by atoms with van der Waals surface area (Å²) < 4.78 is 5.79. The zero-order valence-electron chi connectivity index (χ0n) is 14.9. The summed E-state index contributed by atoms with van der Waals surface area (Å²) in [5.74, 6) is 0.904. The molecule has 0 aromatic heterocycles. The molecular formula is C18H30N4O. The van der Waals surface area contributed by atoms with Crippen molar-refractivity contribution in [1.29, 1.82) is 0 Å². The van der Waals surface area contributed by atoms with Crippen LogP contribution in [0.4, 0.5) is 0 Å². The second-order valence-electron chi connectivity index (χ2n) is 6.21. The van der Waals surface area contributed by atoms with E-state index >= 15 is 0 Å². The fraction of sp³-hybridized carbons (Fsp3) is 0.611. The summed E-state index contributed by atoms with van der Waals surface area (Å²) in [6, 6.07) is 8.79. The number of ether oxygens (including phenoxy) is 1. The molecule has 1 heterocycles. The molecule has 0 spiro atoms. The Bertz CT molecular complexity index is 500. The van der Waals surface area contributed by atoms with Crippen LogP contribution in [0.5, 0.6) is 0 Å². The molecule has 1 saturated heterocycles. The lowest BCUT2D eigenvalue weighted by Gasteiger charge is -2.31. The molecule has 5 heteroatoms. The van der Waals surface area contributed by atoms with E-state index in [1.807, 2.05) is 7.05 Å². The van der Waals surface area contributed by atoms with Gasteiger partial charge in [-0.2, -0.15) is 0 Å². The van der Waals surface area contributed by atoms with Crippen LogP contribution < -0.4 is 5.32 Å². The maximum absolute atomic E-state index is 5.79. The third-order valence-corrected chi connectivity index (χ3v) is 4.25. The number of benzene rings is 1. The Hall–Kier alpha value is -1.59. The Morgan fingerprint density at radius 3 is 2.65 bits per heavy atom. The Labute approximate surface area is 140 Å². The van der Waals surface area contributed by atoms with E-state index in [9.17, 15) is 0 Å². The number of morpholine rings is 1. The van der Waals surface area contributed by atoms with E-state index in [0.29, 0.717) is 0 Å². The van der Waals surface area contributed by atoms with Crippen molar-refractivity contribution in [3.05, 3.63) is 35.4 Å². The van der Waals surface area contributed by atoms with E-state index in [-0.39, 0.29) is 6.10 Å². The molecule has 0 amide bonds. The third kappa shape index (κ3) is 5.52. The van der Waals surface area contributed by atoms with Gasteiger partial charge in [-0.3, -0.25) is 4.99 Å². The molecule has 1 aromatic carbocycles. The van der Waals surface area contributed by atoms with E-state index < -0.39 is 0 Å².